The minimum absolute atomic E-state index is 0.481. The van der Waals surface area contributed by atoms with Gasteiger partial charge >= 0.3 is 0 Å². The van der Waals surface area contributed by atoms with Crippen molar-refractivity contribution in [3.63, 3.8) is 0 Å². The molecule has 0 aliphatic heterocycles. The van der Waals surface area contributed by atoms with Crippen molar-refractivity contribution in [3.05, 3.63) is 54.9 Å². The Morgan fingerprint density at radius 1 is 1.00 bits per heavy atom. The van der Waals surface area contributed by atoms with E-state index in [4.69, 9.17) is 15.2 Å². The number of nitrogens with one attached hydrogen (secondary N) is 1. The molecule has 0 saturated heterocycles. The van der Waals surface area contributed by atoms with Gasteiger partial charge in [-0.3, -0.25) is 0 Å². The number of nitrogen functional groups attached to an aromatic ring is 1. The van der Waals surface area contributed by atoms with Crippen LogP contribution < -0.4 is 20.5 Å². The number of anilines is 3. The van der Waals surface area contributed by atoms with Crippen LogP contribution in [-0.2, 0) is 0 Å². The topological polar surface area (TPSA) is 82.3 Å². The fourth-order valence-electron chi connectivity index (χ4n) is 2.19. The van der Waals surface area contributed by atoms with Gasteiger partial charge in [-0.25, -0.2) is 9.97 Å². The first-order valence-corrected chi connectivity index (χ1v) is 8.35. The molecule has 0 fully saturated rings. The van der Waals surface area contributed by atoms with Crippen LogP contribution in [-0.4, -0.2) is 24.2 Å². The van der Waals surface area contributed by atoms with Gasteiger partial charge < -0.3 is 20.5 Å². The van der Waals surface area contributed by atoms with Crippen LogP contribution in [0.15, 0.2) is 64.8 Å². The fraction of sp³-hybridized carbons (Fsp3) is 0.111. The predicted molar refractivity (Wildman–Crippen MR) is 99.8 cm³/mol. The Bertz CT molecular complexity index is 859. The summed E-state index contributed by atoms with van der Waals surface area (Å²) >= 11 is 1.49. The van der Waals surface area contributed by atoms with Crippen LogP contribution in [0, 0.1) is 0 Å². The molecule has 25 heavy (non-hydrogen) atoms. The summed E-state index contributed by atoms with van der Waals surface area (Å²) in [5.41, 5.74) is 7.47. The van der Waals surface area contributed by atoms with E-state index in [0.717, 1.165) is 10.6 Å². The molecule has 0 aliphatic rings. The van der Waals surface area contributed by atoms with Gasteiger partial charge in [-0.2, -0.15) is 0 Å². The third-order valence-electron chi connectivity index (χ3n) is 3.47. The molecule has 128 valence electrons. The molecule has 1 aromatic heterocycles. The van der Waals surface area contributed by atoms with Gasteiger partial charge in [0, 0.05) is 11.0 Å². The molecule has 3 N–H and O–H groups in total. The molecule has 0 unspecified atom stereocenters. The van der Waals surface area contributed by atoms with Gasteiger partial charge in [0.25, 0.3) is 0 Å². The summed E-state index contributed by atoms with van der Waals surface area (Å²) in [4.78, 5) is 9.58. The predicted octanol–water partition coefficient (Wildman–Crippen LogP) is 3.97. The molecule has 3 rings (SSSR count). The normalized spacial score (nSPS) is 10.3. The monoisotopic (exact) mass is 354 g/mol. The van der Waals surface area contributed by atoms with Crippen molar-refractivity contribution in [3.8, 4) is 11.5 Å². The van der Waals surface area contributed by atoms with Gasteiger partial charge in [-0.15, -0.1) is 0 Å². The molecule has 0 radical (unpaired) electrons. The van der Waals surface area contributed by atoms with Crippen molar-refractivity contribution in [1.82, 2.24) is 9.97 Å². The zero-order chi connectivity index (χ0) is 17.6. The van der Waals surface area contributed by atoms with Gasteiger partial charge in [0.2, 0.25) is 0 Å². The van der Waals surface area contributed by atoms with Crippen LogP contribution in [0.1, 0.15) is 0 Å². The Kier molecular flexibility index (Phi) is 5.25. The lowest BCUT2D eigenvalue weighted by Crippen LogP contribution is -2.03. The summed E-state index contributed by atoms with van der Waals surface area (Å²) in [7, 11) is 3.21. The quantitative estimate of drug-likeness (QED) is 0.648. The second-order valence-corrected chi connectivity index (χ2v) is 6.11. The van der Waals surface area contributed by atoms with Crippen LogP contribution in [0.5, 0.6) is 11.5 Å². The second-order valence-electron chi connectivity index (χ2n) is 5.05. The molecule has 0 aliphatic carbocycles. The molecular weight excluding hydrogens is 336 g/mol. The first-order chi connectivity index (χ1) is 12.2. The van der Waals surface area contributed by atoms with Gasteiger partial charge in [0.15, 0.2) is 5.82 Å². The zero-order valence-electron chi connectivity index (χ0n) is 13.9. The van der Waals surface area contributed by atoms with Gasteiger partial charge in [-0.1, -0.05) is 30.0 Å². The number of methoxy groups -OCH3 is 2. The average Bonchev–Trinajstić information content (AvgIpc) is 2.66. The fourth-order valence-corrected chi connectivity index (χ4v) is 3.01. The van der Waals surface area contributed by atoms with Gasteiger partial charge in [0.1, 0.15) is 28.5 Å². The third kappa shape index (κ3) is 3.95. The minimum atomic E-state index is 0.481. The second kappa shape index (κ2) is 7.76. The third-order valence-corrected chi connectivity index (χ3v) is 4.49. The molecule has 0 amide bonds. The van der Waals surface area contributed by atoms with E-state index in [1.54, 1.807) is 20.3 Å². The molecule has 7 heteroatoms. The van der Waals surface area contributed by atoms with Crippen molar-refractivity contribution < 1.29 is 9.47 Å². The number of benzene rings is 2. The average molecular weight is 354 g/mol. The molecule has 0 atom stereocenters. The highest BCUT2D eigenvalue weighted by molar-refractivity contribution is 7.99. The van der Waals surface area contributed by atoms with Crippen LogP contribution >= 0.6 is 11.8 Å². The number of hydrogen-bond acceptors (Lipinski definition) is 7. The summed E-state index contributed by atoms with van der Waals surface area (Å²) in [6.07, 6.45) is 1.49. The van der Waals surface area contributed by atoms with E-state index in [9.17, 15) is 0 Å². The summed E-state index contributed by atoms with van der Waals surface area (Å²) < 4.78 is 10.6. The highest BCUT2D eigenvalue weighted by Crippen LogP contribution is 2.36. The van der Waals surface area contributed by atoms with Crippen LogP contribution in [0.2, 0.25) is 0 Å². The standard InChI is InChI=1S/C18H18N4O2S/c1-23-12-8-9-14(15(10-12)24-2)22-17-16(19)18(21-11-20-17)25-13-6-4-3-5-7-13/h3-11H,19H2,1-2H3,(H,20,21,22). The van der Waals surface area contributed by atoms with Crippen LogP contribution in [0.3, 0.4) is 0 Å². The minimum Gasteiger partial charge on any atom is -0.497 e. The number of aromatic nitrogens is 2. The van der Waals surface area contributed by atoms with Crippen LogP contribution in [0.25, 0.3) is 0 Å². The van der Waals surface area contributed by atoms with Crippen molar-refractivity contribution in [1.29, 1.82) is 0 Å². The maximum atomic E-state index is 6.25. The molecule has 6 nitrogen and oxygen atoms in total. The van der Waals surface area contributed by atoms with Gasteiger partial charge in [0.05, 0.1) is 19.9 Å². The maximum Gasteiger partial charge on any atom is 0.158 e. The number of rotatable bonds is 6. The Hall–Kier alpha value is -2.93. The molecule has 3 aromatic rings. The Morgan fingerprint density at radius 2 is 1.80 bits per heavy atom. The largest absolute Gasteiger partial charge is 0.497 e. The van der Waals surface area contributed by atoms with E-state index in [0.29, 0.717) is 28.0 Å². The van der Waals surface area contributed by atoms with Crippen molar-refractivity contribution in [2.45, 2.75) is 9.92 Å². The van der Waals surface area contributed by atoms with Gasteiger partial charge in [-0.05, 0) is 24.3 Å². The lowest BCUT2D eigenvalue weighted by Gasteiger charge is -2.14. The number of hydrogen-bond donors (Lipinski definition) is 2. The van der Waals surface area contributed by atoms with E-state index in [-0.39, 0.29) is 0 Å². The molecule has 2 aromatic carbocycles. The molecule has 1 heterocycles. The number of nitrogens with zero attached hydrogens (tertiary/aromatic N) is 2. The summed E-state index contributed by atoms with van der Waals surface area (Å²) in [6, 6.07) is 15.4. The van der Waals surface area contributed by atoms with E-state index < -0.39 is 0 Å². The number of nitrogens with two attached hydrogens (primary N) is 1. The van der Waals surface area contributed by atoms with E-state index in [2.05, 4.69) is 15.3 Å². The molecule has 0 spiro atoms. The first kappa shape index (κ1) is 16.9. The SMILES string of the molecule is COc1ccc(Nc2ncnc(Sc3ccccc3)c2N)c(OC)c1. The Labute approximate surface area is 150 Å². The van der Waals surface area contributed by atoms with Crippen molar-refractivity contribution in [2.24, 2.45) is 0 Å². The first-order valence-electron chi connectivity index (χ1n) is 7.53. The molecular formula is C18H18N4O2S. The lowest BCUT2D eigenvalue weighted by molar-refractivity contribution is 0.395. The summed E-state index contributed by atoms with van der Waals surface area (Å²) in [6.45, 7) is 0. The summed E-state index contributed by atoms with van der Waals surface area (Å²) in [5, 5.41) is 3.89. The lowest BCUT2D eigenvalue weighted by atomic mass is 10.2. The van der Waals surface area contributed by atoms with E-state index in [1.807, 2.05) is 42.5 Å². The Morgan fingerprint density at radius 3 is 2.52 bits per heavy atom. The van der Waals surface area contributed by atoms with Crippen molar-refractivity contribution >= 4 is 29.0 Å². The number of ether oxygens (including phenoxy) is 2. The molecule has 0 saturated carbocycles. The Balaban J connectivity index is 1.87. The van der Waals surface area contributed by atoms with Crippen LogP contribution in [0.4, 0.5) is 17.2 Å². The maximum absolute atomic E-state index is 6.25. The highest BCUT2D eigenvalue weighted by Gasteiger charge is 2.12. The smallest absolute Gasteiger partial charge is 0.158 e. The zero-order valence-corrected chi connectivity index (χ0v) is 14.7. The highest BCUT2D eigenvalue weighted by atomic mass is 32.2. The summed E-state index contributed by atoms with van der Waals surface area (Å²) in [5.74, 6) is 1.87. The van der Waals surface area contributed by atoms with E-state index in [1.165, 1.54) is 18.1 Å². The van der Waals surface area contributed by atoms with Crippen molar-refractivity contribution in [2.75, 3.05) is 25.3 Å². The van der Waals surface area contributed by atoms with E-state index >= 15 is 0 Å². The molecule has 0 bridgehead atoms.